The second kappa shape index (κ2) is 10.4. The summed E-state index contributed by atoms with van der Waals surface area (Å²) in [4.78, 5) is 39.8. The van der Waals surface area contributed by atoms with Crippen LogP contribution in [-0.2, 0) is 16.1 Å². The quantitative estimate of drug-likeness (QED) is 0.520. The number of benzene rings is 3. The number of nitrogens with zero attached hydrogens (tertiary/aromatic N) is 1. The summed E-state index contributed by atoms with van der Waals surface area (Å²) in [5.41, 5.74) is 4.89. The molecular formula is C28H29N3O4. The number of carbonyl (C=O) groups excluding carboxylic acids is 3. The minimum absolute atomic E-state index is 0.210. The highest BCUT2D eigenvalue weighted by molar-refractivity contribution is 6.04. The first-order valence-corrected chi connectivity index (χ1v) is 11.6. The van der Waals surface area contributed by atoms with Gasteiger partial charge >= 0.3 is 6.09 Å². The summed E-state index contributed by atoms with van der Waals surface area (Å²) in [5, 5.41) is 5.70. The molecule has 0 saturated carbocycles. The molecule has 1 aliphatic heterocycles. The van der Waals surface area contributed by atoms with Gasteiger partial charge in [-0.1, -0.05) is 59.7 Å². The van der Waals surface area contributed by atoms with Crippen LogP contribution < -0.4 is 10.6 Å². The van der Waals surface area contributed by atoms with Gasteiger partial charge in [0.1, 0.15) is 0 Å². The highest BCUT2D eigenvalue weighted by Gasteiger charge is 2.46. The molecule has 0 aromatic heterocycles. The summed E-state index contributed by atoms with van der Waals surface area (Å²) in [6, 6.07) is 21.4. The van der Waals surface area contributed by atoms with Gasteiger partial charge in [-0.25, -0.2) is 4.79 Å². The van der Waals surface area contributed by atoms with E-state index in [1.54, 1.807) is 30.3 Å². The summed E-state index contributed by atoms with van der Waals surface area (Å²) in [5.74, 6) is -0.481. The lowest BCUT2D eigenvalue weighted by molar-refractivity contribution is -0.126. The average Bonchev–Trinajstić information content (AvgIpc) is 3.17. The maximum atomic E-state index is 13.0. The van der Waals surface area contributed by atoms with Gasteiger partial charge in [0.25, 0.3) is 5.91 Å². The Morgan fingerprint density at radius 3 is 2.31 bits per heavy atom. The smallest absolute Gasteiger partial charge is 0.411 e. The lowest BCUT2D eigenvalue weighted by Gasteiger charge is -2.24. The number of cyclic esters (lactones) is 1. The molecule has 0 bridgehead atoms. The molecule has 1 saturated heterocycles. The molecule has 0 unspecified atom stereocenters. The number of hydrogen-bond donors (Lipinski definition) is 2. The first kappa shape index (κ1) is 24.0. The molecule has 0 aliphatic carbocycles. The van der Waals surface area contributed by atoms with Crippen molar-refractivity contribution in [1.82, 2.24) is 10.2 Å². The van der Waals surface area contributed by atoms with Gasteiger partial charge in [0.15, 0.2) is 12.1 Å². The number of hydrogen-bond acceptors (Lipinski definition) is 4. The standard InChI is InChI=1S/C28H29N3O4/c1-4-29-27(33)24-25(35-28(34)31(24)17-20-10-8-18(2)9-11-20)21-12-14-23(15-13-21)30-26(32)22-7-5-6-19(3)16-22/h5-16,24-25H,4,17H2,1-3H3,(H,29,33)(H,30,32)/t24-,25+/m0/s1. The van der Waals surface area contributed by atoms with Gasteiger partial charge in [-0.2, -0.15) is 0 Å². The molecule has 180 valence electrons. The fourth-order valence-corrected chi connectivity index (χ4v) is 4.12. The molecular weight excluding hydrogens is 442 g/mol. The number of amides is 3. The van der Waals surface area contributed by atoms with Crippen LogP contribution in [0.15, 0.2) is 72.8 Å². The lowest BCUT2D eigenvalue weighted by Crippen LogP contribution is -2.46. The van der Waals surface area contributed by atoms with E-state index in [2.05, 4.69) is 10.6 Å². The van der Waals surface area contributed by atoms with Gasteiger partial charge in [-0.3, -0.25) is 14.5 Å². The Kier molecular flexibility index (Phi) is 7.15. The Balaban J connectivity index is 1.53. The second-order valence-electron chi connectivity index (χ2n) is 8.70. The van der Waals surface area contributed by atoms with Gasteiger partial charge in [-0.15, -0.1) is 0 Å². The lowest BCUT2D eigenvalue weighted by atomic mass is 10.00. The third-order valence-corrected chi connectivity index (χ3v) is 5.96. The zero-order valence-corrected chi connectivity index (χ0v) is 20.1. The molecule has 35 heavy (non-hydrogen) atoms. The number of rotatable bonds is 7. The summed E-state index contributed by atoms with van der Waals surface area (Å²) in [6.07, 6.45) is -1.30. The SMILES string of the molecule is CCNC(=O)[C@@H]1[C@@H](c2ccc(NC(=O)c3cccc(C)c3)cc2)OC(=O)N1Cc1ccc(C)cc1. The molecule has 0 radical (unpaired) electrons. The number of likely N-dealkylation sites (N-methyl/N-ethyl adjacent to an activating group) is 1. The Bertz CT molecular complexity index is 1220. The van der Waals surface area contributed by atoms with Crippen LogP contribution in [0.1, 0.15) is 45.6 Å². The monoisotopic (exact) mass is 471 g/mol. The van der Waals surface area contributed by atoms with Gasteiger partial charge in [0.05, 0.1) is 6.54 Å². The van der Waals surface area contributed by atoms with Crippen molar-refractivity contribution in [2.75, 3.05) is 11.9 Å². The van der Waals surface area contributed by atoms with E-state index >= 15 is 0 Å². The summed E-state index contributed by atoms with van der Waals surface area (Å²) in [6.45, 7) is 6.47. The molecule has 2 atom stereocenters. The highest BCUT2D eigenvalue weighted by Crippen LogP contribution is 2.34. The van der Waals surface area contributed by atoms with Crippen LogP contribution in [0.2, 0.25) is 0 Å². The third-order valence-electron chi connectivity index (χ3n) is 5.96. The van der Waals surface area contributed by atoms with E-state index in [1.165, 1.54) is 4.90 Å². The Morgan fingerprint density at radius 1 is 0.943 bits per heavy atom. The van der Waals surface area contributed by atoms with E-state index in [-0.39, 0.29) is 18.4 Å². The zero-order valence-electron chi connectivity index (χ0n) is 20.1. The van der Waals surface area contributed by atoms with E-state index in [4.69, 9.17) is 4.74 Å². The predicted molar refractivity (Wildman–Crippen MR) is 134 cm³/mol. The van der Waals surface area contributed by atoms with Gasteiger partial charge in [0.2, 0.25) is 5.91 Å². The summed E-state index contributed by atoms with van der Waals surface area (Å²) in [7, 11) is 0. The molecule has 3 aromatic rings. The highest BCUT2D eigenvalue weighted by atomic mass is 16.6. The Hall–Kier alpha value is -4.13. The van der Waals surface area contributed by atoms with Crippen LogP contribution in [0.5, 0.6) is 0 Å². The number of ether oxygens (including phenoxy) is 1. The molecule has 7 heteroatoms. The van der Waals surface area contributed by atoms with E-state index in [0.29, 0.717) is 23.4 Å². The van der Waals surface area contributed by atoms with Crippen molar-refractivity contribution in [3.05, 3.63) is 101 Å². The van der Waals surface area contributed by atoms with Crippen molar-refractivity contribution in [2.45, 2.75) is 39.5 Å². The molecule has 1 fully saturated rings. The van der Waals surface area contributed by atoms with Gasteiger partial charge in [0, 0.05) is 17.8 Å². The topological polar surface area (TPSA) is 87.7 Å². The fraction of sp³-hybridized carbons (Fsp3) is 0.250. The molecule has 1 aliphatic rings. The molecule has 2 N–H and O–H groups in total. The van der Waals surface area contributed by atoms with E-state index < -0.39 is 18.2 Å². The van der Waals surface area contributed by atoms with Gasteiger partial charge in [-0.05, 0) is 56.2 Å². The number of anilines is 1. The van der Waals surface area contributed by atoms with Crippen LogP contribution >= 0.6 is 0 Å². The summed E-state index contributed by atoms with van der Waals surface area (Å²) >= 11 is 0. The number of carbonyl (C=O) groups is 3. The van der Waals surface area contributed by atoms with Crippen LogP contribution in [-0.4, -0.2) is 35.4 Å². The van der Waals surface area contributed by atoms with E-state index in [1.807, 2.05) is 63.2 Å². The minimum Gasteiger partial charge on any atom is -0.438 e. The molecule has 3 amide bonds. The first-order valence-electron chi connectivity index (χ1n) is 11.6. The van der Waals surface area contributed by atoms with Crippen molar-refractivity contribution in [1.29, 1.82) is 0 Å². The minimum atomic E-state index is -0.809. The van der Waals surface area contributed by atoms with Crippen LogP contribution in [0.3, 0.4) is 0 Å². The maximum absolute atomic E-state index is 13.0. The molecule has 0 spiro atoms. The van der Waals surface area contributed by atoms with Crippen molar-refractivity contribution < 1.29 is 19.1 Å². The van der Waals surface area contributed by atoms with Crippen molar-refractivity contribution in [2.24, 2.45) is 0 Å². The molecule has 7 nitrogen and oxygen atoms in total. The van der Waals surface area contributed by atoms with Crippen LogP contribution in [0.25, 0.3) is 0 Å². The van der Waals surface area contributed by atoms with Crippen molar-refractivity contribution >= 4 is 23.6 Å². The second-order valence-corrected chi connectivity index (χ2v) is 8.70. The average molecular weight is 472 g/mol. The van der Waals surface area contributed by atoms with E-state index in [0.717, 1.165) is 16.7 Å². The Labute approximate surface area is 205 Å². The van der Waals surface area contributed by atoms with Crippen molar-refractivity contribution in [3.8, 4) is 0 Å². The number of aryl methyl sites for hydroxylation is 2. The molecule has 4 rings (SSSR count). The molecule has 1 heterocycles. The third kappa shape index (κ3) is 5.51. The zero-order chi connectivity index (χ0) is 24.9. The van der Waals surface area contributed by atoms with Crippen LogP contribution in [0.4, 0.5) is 10.5 Å². The van der Waals surface area contributed by atoms with Crippen molar-refractivity contribution in [3.63, 3.8) is 0 Å². The summed E-state index contributed by atoms with van der Waals surface area (Å²) < 4.78 is 5.68. The first-order chi connectivity index (χ1) is 16.9. The van der Waals surface area contributed by atoms with E-state index in [9.17, 15) is 14.4 Å². The number of nitrogens with one attached hydrogen (secondary N) is 2. The van der Waals surface area contributed by atoms with Crippen LogP contribution in [0, 0.1) is 13.8 Å². The normalized spacial score (nSPS) is 17.1. The van der Waals surface area contributed by atoms with Gasteiger partial charge < -0.3 is 15.4 Å². The largest absolute Gasteiger partial charge is 0.438 e. The predicted octanol–water partition coefficient (Wildman–Crippen LogP) is 4.75. The Morgan fingerprint density at radius 2 is 1.66 bits per heavy atom. The maximum Gasteiger partial charge on any atom is 0.411 e. The molecule has 3 aromatic carbocycles. The fourth-order valence-electron chi connectivity index (χ4n) is 4.12.